The number of aryl methyl sites for hydroxylation is 1. The third-order valence-electron chi connectivity index (χ3n) is 5.75. The minimum atomic E-state index is -0.798. The third-order valence-corrected chi connectivity index (χ3v) is 6.73. The minimum absolute atomic E-state index is 0.161. The Hall–Kier alpha value is -1.42. The van der Waals surface area contributed by atoms with Crippen LogP contribution in [-0.4, -0.2) is 35.5 Å². The monoisotopic (exact) mass is 374 g/mol. The summed E-state index contributed by atoms with van der Waals surface area (Å²) in [6, 6.07) is 6.13. The van der Waals surface area contributed by atoms with Gasteiger partial charge in [-0.25, -0.2) is 0 Å². The second-order valence-corrected chi connectivity index (χ2v) is 9.37. The van der Waals surface area contributed by atoms with Gasteiger partial charge in [0.1, 0.15) is 5.54 Å². The van der Waals surface area contributed by atoms with Crippen molar-refractivity contribution in [1.29, 1.82) is 5.26 Å². The second-order valence-electron chi connectivity index (χ2n) is 8.00. The molecule has 1 aliphatic carbocycles. The smallest absolute Gasteiger partial charge is 0.238 e. The summed E-state index contributed by atoms with van der Waals surface area (Å²) >= 11 is 1.79. The molecule has 1 aromatic rings. The summed E-state index contributed by atoms with van der Waals surface area (Å²) < 4.78 is 0. The number of nitrogens with two attached hydrogens (primary N) is 1. The van der Waals surface area contributed by atoms with E-state index in [1.807, 2.05) is 0 Å². The lowest BCUT2D eigenvalue weighted by Gasteiger charge is -2.28. The number of thiophene rings is 1. The van der Waals surface area contributed by atoms with Crippen molar-refractivity contribution in [2.24, 2.45) is 11.7 Å². The Kier molecular flexibility index (Phi) is 6.33. The molecule has 5 nitrogen and oxygen atoms in total. The largest absolute Gasteiger partial charge is 0.335 e. The molecular formula is C20H30N4OS. The fourth-order valence-electron chi connectivity index (χ4n) is 4.25. The number of carbonyl (C=O) groups is 1. The molecule has 0 aromatic carbocycles. The van der Waals surface area contributed by atoms with Crippen molar-refractivity contribution in [3.05, 3.63) is 21.9 Å². The lowest BCUT2D eigenvalue weighted by atomic mass is 9.84. The second kappa shape index (κ2) is 8.51. The maximum absolute atomic E-state index is 12.6. The highest BCUT2D eigenvalue weighted by molar-refractivity contribution is 7.11. The average molecular weight is 375 g/mol. The van der Waals surface area contributed by atoms with Crippen LogP contribution < -0.4 is 11.1 Å². The quantitative estimate of drug-likeness (QED) is 0.802. The maximum atomic E-state index is 12.6. The van der Waals surface area contributed by atoms with Crippen molar-refractivity contribution >= 4 is 17.2 Å². The predicted octanol–water partition coefficient (Wildman–Crippen LogP) is 2.94. The van der Waals surface area contributed by atoms with Gasteiger partial charge in [-0.1, -0.05) is 32.1 Å². The molecule has 1 aromatic heterocycles. The first kappa shape index (κ1) is 19.3. The van der Waals surface area contributed by atoms with Crippen molar-refractivity contribution in [3.8, 4) is 6.07 Å². The predicted molar refractivity (Wildman–Crippen MR) is 105 cm³/mol. The van der Waals surface area contributed by atoms with E-state index >= 15 is 0 Å². The Morgan fingerprint density at radius 1 is 1.46 bits per heavy atom. The maximum Gasteiger partial charge on any atom is 0.238 e. The Morgan fingerprint density at radius 3 is 2.88 bits per heavy atom. The molecule has 1 aliphatic heterocycles. The van der Waals surface area contributed by atoms with Crippen LogP contribution in [0.15, 0.2) is 12.1 Å². The first-order chi connectivity index (χ1) is 12.5. The molecule has 0 spiro atoms. The normalized spacial score (nSPS) is 25.7. The van der Waals surface area contributed by atoms with E-state index in [4.69, 9.17) is 5.73 Å². The molecule has 0 bridgehead atoms. The molecule has 1 saturated carbocycles. The SMILES string of the molecule is Cc1ccc(CN2CCC(C#N)(NC(=O)C(N)CC3CCCCC3)C2)s1. The van der Waals surface area contributed by atoms with Crippen molar-refractivity contribution < 1.29 is 4.79 Å². The third kappa shape index (κ3) is 4.85. The molecule has 6 heteroatoms. The zero-order valence-corrected chi connectivity index (χ0v) is 16.5. The number of hydrogen-bond acceptors (Lipinski definition) is 5. The van der Waals surface area contributed by atoms with Crippen LogP contribution in [-0.2, 0) is 11.3 Å². The lowest BCUT2D eigenvalue weighted by molar-refractivity contribution is -0.124. The van der Waals surface area contributed by atoms with Crippen molar-refractivity contribution in [1.82, 2.24) is 10.2 Å². The number of carbonyl (C=O) groups excluding carboxylic acids is 1. The van der Waals surface area contributed by atoms with Gasteiger partial charge in [0.2, 0.25) is 5.91 Å². The summed E-state index contributed by atoms with van der Waals surface area (Å²) in [7, 11) is 0. The van der Waals surface area contributed by atoms with Gasteiger partial charge >= 0.3 is 0 Å². The Bertz CT molecular complexity index is 661. The van der Waals surface area contributed by atoms with Crippen LogP contribution in [0.5, 0.6) is 0 Å². The zero-order chi connectivity index (χ0) is 18.6. The Balaban J connectivity index is 1.53. The van der Waals surface area contributed by atoms with E-state index in [-0.39, 0.29) is 5.91 Å². The van der Waals surface area contributed by atoms with Gasteiger partial charge in [-0.3, -0.25) is 9.69 Å². The molecule has 2 heterocycles. The number of amides is 1. The fraction of sp³-hybridized carbons (Fsp3) is 0.700. The van der Waals surface area contributed by atoms with E-state index in [0.29, 0.717) is 18.9 Å². The summed E-state index contributed by atoms with van der Waals surface area (Å²) in [6.07, 6.45) is 7.56. The van der Waals surface area contributed by atoms with Gasteiger partial charge in [0, 0.05) is 29.4 Å². The summed E-state index contributed by atoms with van der Waals surface area (Å²) in [6.45, 7) is 4.34. The molecular weight excluding hydrogens is 344 g/mol. The first-order valence-corrected chi connectivity index (χ1v) is 10.6. The van der Waals surface area contributed by atoms with E-state index in [9.17, 15) is 10.1 Å². The summed E-state index contributed by atoms with van der Waals surface area (Å²) in [5.74, 6) is 0.399. The van der Waals surface area contributed by atoms with Gasteiger partial charge in [0.25, 0.3) is 0 Å². The highest BCUT2D eigenvalue weighted by Crippen LogP contribution is 2.28. The standard InChI is InChI=1S/C20H30N4OS/c1-15-7-8-17(26-15)12-24-10-9-20(13-21,14-24)23-19(25)18(22)11-16-5-3-2-4-6-16/h7-8,16,18H,2-6,9-12,14,22H2,1H3,(H,23,25). The van der Waals surface area contributed by atoms with E-state index in [0.717, 1.165) is 19.5 Å². The van der Waals surface area contributed by atoms with Gasteiger partial charge in [-0.2, -0.15) is 5.26 Å². The van der Waals surface area contributed by atoms with Gasteiger partial charge < -0.3 is 11.1 Å². The average Bonchev–Trinajstić information content (AvgIpc) is 3.22. The van der Waals surface area contributed by atoms with Crippen LogP contribution in [0.3, 0.4) is 0 Å². The number of likely N-dealkylation sites (tertiary alicyclic amines) is 1. The van der Waals surface area contributed by atoms with Crippen molar-refractivity contribution in [3.63, 3.8) is 0 Å². The number of nitrogens with zero attached hydrogens (tertiary/aromatic N) is 2. The van der Waals surface area contributed by atoms with Crippen molar-refractivity contribution in [2.45, 2.75) is 70.0 Å². The molecule has 2 unspecified atom stereocenters. The molecule has 3 rings (SSSR count). The Morgan fingerprint density at radius 2 is 2.23 bits per heavy atom. The van der Waals surface area contributed by atoms with Gasteiger partial charge in [-0.05, 0) is 37.8 Å². The highest BCUT2D eigenvalue weighted by Gasteiger charge is 2.40. The van der Waals surface area contributed by atoms with Crippen LogP contribution in [0.2, 0.25) is 0 Å². The van der Waals surface area contributed by atoms with Crippen LogP contribution in [0.25, 0.3) is 0 Å². The topological polar surface area (TPSA) is 82.2 Å². The summed E-state index contributed by atoms with van der Waals surface area (Å²) in [5.41, 5.74) is 5.37. The van der Waals surface area contributed by atoms with Crippen molar-refractivity contribution in [2.75, 3.05) is 13.1 Å². The van der Waals surface area contributed by atoms with Gasteiger partial charge in [0.05, 0.1) is 12.1 Å². The van der Waals surface area contributed by atoms with E-state index in [1.54, 1.807) is 11.3 Å². The summed E-state index contributed by atoms with van der Waals surface area (Å²) in [4.78, 5) is 17.5. The van der Waals surface area contributed by atoms with E-state index < -0.39 is 11.6 Å². The first-order valence-electron chi connectivity index (χ1n) is 9.76. The lowest BCUT2D eigenvalue weighted by Crippen LogP contribution is -2.54. The number of nitriles is 1. The number of hydrogen-bond donors (Lipinski definition) is 2. The molecule has 2 atom stereocenters. The minimum Gasteiger partial charge on any atom is -0.335 e. The molecule has 0 radical (unpaired) electrons. The molecule has 26 heavy (non-hydrogen) atoms. The van der Waals surface area contributed by atoms with E-state index in [2.05, 4.69) is 35.3 Å². The molecule has 2 aliphatic rings. The molecule has 2 fully saturated rings. The highest BCUT2D eigenvalue weighted by atomic mass is 32.1. The molecule has 142 valence electrons. The summed E-state index contributed by atoms with van der Waals surface area (Å²) in [5, 5.41) is 12.7. The van der Waals surface area contributed by atoms with Gasteiger partial charge in [-0.15, -0.1) is 11.3 Å². The molecule has 1 amide bonds. The number of rotatable bonds is 6. The Labute approximate surface area is 160 Å². The molecule has 3 N–H and O–H groups in total. The van der Waals surface area contributed by atoms with Gasteiger partial charge in [0.15, 0.2) is 0 Å². The van der Waals surface area contributed by atoms with Crippen LogP contribution in [0.1, 0.15) is 54.7 Å². The zero-order valence-electron chi connectivity index (χ0n) is 15.7. The molecule has 1 saturated heterocycles. The van der Waals surface area contributed by atoms with E-state index in [1.165, 1.54) is 41.9 Å². The van der Waals surface area contributed by atoms with Crippen LogP contribution in [0, 0.1) is 24.2 Å². The number of nitrogens with one attached hydrogen (secondary N) is 1. The van der Waals surface area contributed by atoms with Crippen LogP contribution >= 0.6 is 11.3 Å². The van der Waals surface area contributed by atoms with Crippen LogP contribution in [0.4, 0.5) is 0 Å². The fourth-order valence-corrected chi connectivity index (χ4v) is 5.19.